The van der Waals surface area contributed by atoms with Gasteiger partial charge in [-0.2, -0.15) is 5.10 Å². The molecule has 0 saturated heterocycles. The lowest BCUT2D eigenvalue weighted by molar-refractivity contribution is 0.516. The minimum atomic E-state index is -0.406. The summed E-state index contributed by atoms with van der Waals surface area (Å²) in [4.78, 5) is 3.90. The zero-order valence-electron chi connectivity index (χ0n) is 6.37. The number of aromatic nitrogens is 3. The Morgan fingerprint density at radius 1 is 1.45 bits per heavy atom. The van der Waals surface area contributed by atoms with Gasteiger partial charge in [-0.1, -0.05) is 0 Å². The van der Waals surface area contributed by atoms with Gasteiger partial charge in [-0.25, -0.2) is 4.98 Å². The molecule has 6 heteroatoms. The van der Waals surface area contributed by atoms with Crippen molar-refractivity contribution in [2.24, 2.45) is 5.73 Å². The minimum absolute atomic E-state index is 0. The Morgan fingerprint density at radius 2 is 2.00 bits per heavy atom. The van der Waals surface area contributed by atoms with E-state index in [1.807, 2.05) is 13.8 Å². The van der Waals surface area contributed by atoms with E-state index in [9.17, 15) is 0 Å². The van der Waals surface area contributed by atoms with Crippen LogP contribution in [0.15, 0.2) is 6.33 Å². The maximum atomic E-state index is 5.67. The van der Waals surface area contributed by atoms with Crippen molar-refractivity contribution in [2.75, 3.05) is 0 Å². The SMILES string of the molecule is CC(C)(N)c1ncn[nH]1.Cl.Cl. The van der Waals surface area contributed by atoms with Crippen molar-refractivity contribution < 1.29 is 0 Å². The van der Waals surface area contributed by atoms with Crippen LogP contribution in [0.3, 0.4) is 0 Å². The summed E-state index contributed by atoms with van der Waals surface area (Å²) in [6.45, 7) is 3.74. The predicted octanol–water partition coefficient (Wildman–Crippen LogP) is 0.842. The second-order valence-corrected chi connectivity index (χ2v) is 2.56. The molecule has 1 heterocycles. The number of halogens is 2. The molecule has 11 heavy (non-hydrogen) atoms. The highest BCUT2D eigenvalue weighted by atomic mass is 35.5. The Balaban J connectivity index is 0. The van der Waals surface area contributed by atoms with Crippen molar-refractivity contribution in [3.8, 4) is 0 Å². The number of rotatable bonds is 1. The summed E-state index contributed by atoms with van der Waals surface area (Å²) in [6.07, 6.45) is 1.45. The van der Waals surface area contributed by atoms with Gasteiger partial charge in [-0.05, 0) is 13.8 Å². The van der Waals surface area contributed by atoms with Crippen molar-refractivity contribution in [3.05, 3.63) is 12.2 Å². The highest BCUT2D eigenvalue weighted by Crippen LogP contribution is 2.08. The molecule has 0 saturated carbocycles. The monoisotopic (exact) mass is 198 g/mol. The van der Waals surface area contributed by atoms with Crippen LogP contribution in [0, 0.1) is 0 Å². The largest absolute Gasteiger partial charge is 0.319 e. The lowest BCUT2D eigenvalue weighted by Gasteiger charge is -2.12. The van der Waals surface area contributed by atoms with Crippen molar-refractivity contribution in [2.45, 2.75) is 19.4 Å². The van der Waals surface area contributed by atoms with Crippen LogP contribution in [0.2, 0.25) is 0 Å². The normalized spacial score (nSPS) is 9.73. The van der Waals surface area contributed by atoms with Crippen LogP contribution in [0.1, 0.15) is 19.7 Å². The average molecular weight is 199 g/mol. The second-order valence-electron chi connectivity index (χ2n) is 2.56. The molecule has 1 rings (SSSR count). The predicted molar refractivity (Wildman–Crippen MR) is 48.1 cm³/mol. The van der Waals surface area contributed by atoms with Gasteiger partial charge in [-0.3, -0.25) is 5.10 Å². The Morgan fingerprint density at radius 3 is 2.18 bits per heavy atom. The summed E-state index contributed by atoms with van der Waals surface area (Å²) in [5.74, 6) is 0.711. The molecule has 0 aromatic carbocycles. The first-order valence-corrected chi connectivity index (χ1v) is 2.75. The van der Waals surface area contributed by atoms with Gasteiger partial charge in [0.05, 0.1) is 5.54 Å². The van der Waals surface area contributed by atoms with Crippen LogP contribution in [-0.2, 0) is 5.54 Å². The van der Waals surface area contributed by atoms with Gasteiger partial charge in [0, 0.05) is 0 Å². The van der Waals surface area contributed by atoms with E-state index in [-0.39, 0.29) is 24.8 Å². The number of nitrogens with two attached hydrogens (primary N) is 1. The fourth-order valence-electron chi connectivity index (χ4n) is 0.516. The van der Waals surface area contributed by atoms with E-state index in [1.54, 1.807) is 0 Å². The van der Waals surface area contributed by atoms with Crippen LogP contribution < -0.4 is 5.73 Å². The van der Waals surface area contributed by atoms with E-state index in [4.69, 9.17) is 5.73 Å². The lowest BCUT2D eigenvalue weighted by atomic mass is 10.1. The molecule has 3 N–H and O–H groups in total. The number of nitrogens with zero attached hydrogens (tertiary/aromatic N) is 2. The molecular weight excluding hydrogens is 187 g/mol. The average Bonchev–Trinajstić information content (AvgIpc) is 2.08. The number of aromatic amines is 1. The molecule has 0 fully saturated rings. The molecule has 0 aliphatic rings. The van der Waals surface area contributed by atoms with Crippen molar-refractivity contribution >= 4 is 24.8 Å². The van der Waals surface area contributed by atoms with Crippen molar-refractivity contribution in [1.82, 2.24) is 15.2 Å². The first-order chi connectivity index (χ1) is 4.11. The quantitative estimate of drug-likeness (QED) is 0.704. The molecule has 1 aromatic heterocycles. The molecule has 0 radical (unpaired) electrons. The zero-order valence-corrected chi connectivity index (χ0v) is 8.00. The standard InChI is InChI=1S/C5H10N4.2ClH/c1-5(2,6)4-7-3-8-9-4;;/h3H,6H2,1-2H3,(H,7,8,9);2*1H. The number of nitrogens with one attached hydrogen (secondary N) is 1. The third-order valence-corrected chi connectivity index (χ3v) is 1.03. The maximum Gasteiger partial charge on any atom is 0.143 e. The van der Waals surface area contributed by atoms with Crippen LogP contribution in [-0.4, -0.2) is 15.2 Å². The molecule has 0 spiro atoms. The van der Waals surface area contributed by atoms with Gasteiger partial charge in [0.1, 0.15) is 12.2 Å². The van der Waals surface area contributed by atoms with Gasteiger partial charge >= 0.3 is 0 Å². The summed E-state index contributed by atoms with van der Waals surface area (Å²) in [7, 11) is 0. The van der Waals surface area contributed by atoms with Crippen molar-refractivity contribution in [3.63, 3.8) is 0 Å². The van der Waals surface area contributed by atoms with Gasteiger partial charge in [-0.15, -0.1) is 24.8 Å². The Labute approximate surface area is 77.8 Å². The van der Waals surface area contributed by atoms with Crippen LogP contribution in [0.4, 0.5) is 0 Å². The fourth-order valence-corrected chi connectivity index (χ4v) is 0.516. The Kier molecular flexibility index (Phi) is 5.48. The number of H-pyrrole nitrogens is 1. The van der Waals surface area contributed by atoms with Crippen LogP contribution in [0.5, 0.6) is 0 Å². The first-order valence-electron chi connectivity index (χ1n) is 2.75. The molecule has 4 nitrogen and oxygen atoms in total. The smallest absolute Gasteiger partial charge is 0.143 e. The van der Waals surface area contributed by atoms with Crippen LogP contribution >= 0.6 is 24.8 Å². The maximum absolute atomic E-state index is 5.67. The van der Waals surface area contributed by atoms with Gasteiger partial charge in [0.2, 0.25) is 0 Å². The summed E-state index contributed by atoms with van der Waals surface area (Å²) in [5, 5.41) is 6.36. The molecule has 0 atom stereocenters. The molecule has 0 bridgehead atoms. The highest BCUT2D eigenvalue weighted by molar-refractivity contribution is 5.85. The Hall–Kier alpha value is -0.320. The molecule has 1 aromatic rings. The minimum Gasteiger partial charge on any atom is -0.319 e. The molecule has 0 aliphatic carbocycles. The van der Waals surface area contributed by atoms with Gasteiger partial charge < -0.3 is 5.73 Å². The Bertz CT molecular complexity index is 179. The number of hydrogen-bond acceptors (Lipinski definition) is 3. The summed E-state index contributed by atoms with van der Waals surface area (Å²) < 4.78 is 0. The fraction of sp³-hybridized carbons (Fsp3) is 0.600. The number of hydrogen-bond donors (Lipinski definition) is 2. The molecule has 0 amide bonds. The topological polar surface area (TPSA) is 67.6 Å². The van der Waals surface area contributed by atoms with Gasteiger partial charge in [0.25, 0.3) is 0 Å². The molecule has 66 valence electrons. The third-order valence-electron chi connectivity index (χ3n) is 1.03. The van der Waals surface area contributed by atoms with E-state index < -0.39 is 5.54 Å². The van der Waals surface area contributed by atoms with E-state index in [0.717, 1.165) is 0 Å². The molecular formula is C5H12Cl2N4. The summed E-state index contributed by atoms with van der Waals surface area (Å²) in [6, 6.07) is 0. The summed E-state index contributed by atoms with van der Waals surface area (Å²) >= 11 is 0. The van der Waals surface area contributed by atoms with Crippen molar-refractivity contribution in [1.29, 1.82) is 0 Å². The van der Waals surface area contributed by atoms with E-state index in [2.05, 4.69) is 15.2 Å². The van der Waals surface area contributed by atoms with E-state index >= 15 is 0 Å². The van der Waals surface area contributed by atoms with Crippen LogP contribution in [0.25, 0.3) is 0 Å². The van der Waals surface area contributed by atoms with E-state index in [0.29, 0.717) is 5.82 Å². The van der Waals surface area contributed by atoms with Gasteiger partial charge in [0.15, 0.2) is 0 Å². The summed E-state index contributed by atoms with van der Waals surface area (Å²) in [5.41, 5.74) is 5.26. The second kappa shape index (κ2) is 4.54. The first kappa shape index (κ1) is 13.3. The third kappa shape index (κ3) is 3.55. The molecule has 0 unspecified atom stereocenters. The zero-order chi connectivity index (χ0) is 6.91. The lowest BCUT2D eigenvalue weighted by Crippen LogP contribution is -2.30. The highest BCUT2D eigenvalue weighted by Gasteiger charge is 2.16. The molecule has 0 aliphatic heterocycles. The van der Waals surface area contributed by atoms with E-state index in [1.165, 1.54) is 6.33 Å².